The van der Waals surface area contributed by atoms with Crippen LogP contribution in [0.25, 0.3) is 0 Å². The molecule has 0 radical (unpaired) electrons. The third kappa shape index (κ3) is 2.28. The van der Waals surface area contributed by atoms with Crippen molar-refractivity contribution in [1.82, 2.24) is 4.90 Å². The minimum absolute atomic E-state index is 0.340. The first-order chi connectivity index (χ1) is 10.1. The first-order valence-corrected chi connectivity index (χ1v) is 8.16. The van der Waals surface area contributed by atoms with Crippen LogP contribution in [0.1, 0.15) is 50.2 Å². The molecule has 0 aromatic heterocycles. The van der Waals surface area contributed by atoms with Gasteiger partial charge >= 0.3 is 0 Å². The molecule has 1 aromatic carbocycles. The molecule has 114 valence electrons. The van der Waals surface area contributed by atoms with Crippen molar-refractivity contribution < 1.29 is 0 Å². The Morgan fingerprint density at radius 1 is 1.33 bits per heavy atom. The van der Waals surface area contributed by atoms with Gasteiger partial charge in [0.25, 0.3) is 0 Å². The Kier molecular flexibility index (Phi) is 3.78. The summed E-state index contributed by atoms with van der Waals surface area (Å²) in [5, 5.41) is 11.2. The number of hydrogen-bond acceptors (Lipinski definition) is 3. The molecule has 3 heteroatoms. The minimum Gasteiger partial charge on any atom is -0.388 e. The van der Waals surface area contributed by atoms with Crippen LogP contribution < -0.4 is 5.32 Å². The van der Waals surface area contributed by atoms with Crippen LogP contribution in [-0.2, 0) is 5.41 Å². The highest BCUT2D eigenvalue weighted by molar-refractivity contribution is 6.01. The Balaban J connectivity index is 2.04. The lowest BCUT2D eigenvalue weighted by Gasteiger charge is -2.42. The van der Waals surface area contributed by atoms with Crippen molar-refractivity contribution in [3.05, 3.63) is 29.3 Å². The summed E-state index contributed by atoms with van der Waals surface area (Å²) in [6.45, 7) is 3.08. The van der Waals surface area contributed by atoms with Crippen LogP contribution in [0, 0.1) is 5.41 Å². The van der Waals surface area contributed by atoms with Crippen LogP contribution in [0.4, 0.5) is 5.69 Å². The molecule has 3 rings (SSSR count). The molecule has 2 atom stereocenters. The highest BCUT2D eigenvalue weighted by Gasteiger charge is 2.48. The molecule has 1 aromatic rings. The molecule has 2 N–H and O–H groups in total. The lowest BCUT2D eigenvalue weighted by molar-refractivity contribution is 0.182. The second-order valence-electron chi connectivity index (χ2n) is 6.78. The van der Waals surface area contributed by atoms with Crippen LogP contribution in [0.5, 0.6) is 0 Å². The van der Waals surface area contributed by atoms with E-state index in [1.807, 2.05) is 14.0 Å². The standard InChI is InChI=1S/C18H27N3/c1-13(19)15-8-7-14(12-16(15)20-2)18-9-5-4-6-17(18)21(3)11-10-18/h7-8,12,17,19-20H,4-6,9-11H2,1-3H3/t17-,18-/m0/s1. The number of fused-ring (bicyclic) bond motifs is 1. The van der Waals surface area contributed by atoms with Gasteiger partial charge in [-0.2, -0.15) is 0 Å². The molecule has 1 aliphatic heterocycles. The number of likely N-dealkylation sites (tertiary alicyclic amines) is 1. The number of nitrogens with zero attached hydrogens (tertiary/aromatic N) is 1. The Hall–Kier alpha value is -1.35. The maximum atomic E-state index is 7.92. The third-order valence-corrected chi connectivity index (χ3v) is 5.70. The number of nitrogens with one attached hydrogen (secondary N) is 2. The highest BCUT2D eigenvalue weighted by Crippen LogP contribution is 2.48. The Morgan fingerprint density at radius 2 is 2.14 bits per heavy atom. The van der Waals surface area contributed by atoms with Crippen LogP contribution >= 0.6 is 0 Å². The van der Waals surface area contributed by atoms with E-state index in [1.165, 1.54) is 44.2 Å². The van der Waals surface area contributed by atoms with Gasteiger partial charge < -0.3 is 15.6 Å². The van der Waals surface area contributed by atoms with Crippen molar-refractivity contribution in [2.24, 2.45) is 0 Å². The molecule has 0 bridgehead atoms. The van der Waals surface area contributed by atoms with Gasteiger partial charge in [0, 0.05) is 35.5 Å². The second kappa shape index (κ2) is 5.45. The van der Waals surface area contributed by atoms with Crippen molar-refractivity contribution in [1.29, 1.82) is 5.41 Å². The zero-order valence-corrected chi connectivity index (χ0v) is 13.5. The molecule has 2 aliphatic rings. The topological polar surface area (TPSA) is 39.1 Å². The molecule has 3 nitrogen and oxygen atoms in total. The van der Waals surface area contributed by atoms with Gasteiger partial charge in [0.1, 0.15) is 0 Å². The molecule has 2 fully saturated rings. The zero-order valence-electron chi connectivity index (χ0n) is 13.5. The van der Waals surface area contributed by atoms with E-state index in [-0.39, 0.29) is 0 Å². The third-order valence-electron chi connectivity index (χ3n) is 5.70. The largest absolute Gasteiger partial charge is 0.388 e. The molecule has 1 heterocycles. The Morgan fingerprint density at radius 3 is 2.86 bits per heavy atom. The SMILES string of the molecule is CNc1cc([C@@]23CCCC[C@@H]2N(C)CC3)ccc1C(C)=N. The predicted octanol–water partition coefficient (Wildman–Crippen LogP) is 3.63. The van der Waals surface area contributed by atoms with E-state index in [0.717, 1.165) is 11.3 Å². The smallest absolute Gasteiger partial charge is 0.0432 e. The van der Waals surface area contributed by atoms with E-state index < -0.39 is 0 Å². The molecule has 1 saturated carbocycles. The van der Waals surface area contributed by atoms with Crippen molar-refractivity contribution in [2.45, 2.75) is 50.5 Å². The fourth-order valence-corrected chi connectivity index (χ4v) is 4.56. The van der Waals surface area contributed by atoms with Gasteiger partial charge in [0.2, 0.25) is 0 Å². The normalized spacial score (nSPS) is 29.2. The van der Waals surface area contributed by atoms with Crippen molar-refractivity contribution in [3.63, 3.8) is 0 Å². The number of likely N-dealkylation sites (N-methyl/N-ethyl adjacent to an activating group) is 1. The van der Waals surface area contributed by atoms with Crippen LogP contribution in [0.3, 0.4) is 0 Å². The Bertz CT molecular complexity index is 547. The van der Waals surface area contributed by atoms with Gasteiger partial charge in [-0.15, -0.1) is 0 Å². The molecule has 0 unspecified atom stereocenters. The van der Waals surface area contributed by atoms with E-state index in [1.54, 1.807) is 0 Å². The summed E-state index contributed by atoms with van der Waals surface area (Å²) in [5.74, 6) is 0. The maximum Gasteiger partial charge on any atom is 0.0432 e. The maximum absolute atomic E-state index is 7.92. The summed E-state index contributed by atoms with van der Waals surface area (Å²) in [5.41, 5.74) is 4.58. The molecular weight excluding hydrogens is 258 g/mol. The van der Waals surface area contributed by atoms with E-state index in [0.29, 0.717) is 17.2 Å². The number of anilines is 1. The molecule has 1 saturated heterocycles. The molecule has 0 spiro atoms. The summed E-state index contributed by atoms with van der Waals surface area (Å²) in [4.78, 5) is 2.56. The fourth-order valence-electron chi connectivity index (χ4n) is 4.56. The minimum atomic E-state index is 0.340. The Labute approximate surface area is 128 Å². The van der Waals surface area contributed by atoms with Gasteiger partial charge in [0.05, 0.1) is 0 Å². The summed E-state index contributed by atoms with van der Waals surface area (Å²) in [6, 6.07) is 7.43. The number of hydrogen-bond donors (Lipinski definition) is 2. The first kappa shape index (κ1) is 14.6. The van der Waals surface area contributed by atoms with Gasteiger partial charge in [-0.1, -0.05) is 25.0 Å². The number of benzene rings is 1. The van der Waals surface area contributed by atoms with Crippen molar-refractivity contribution >= 4 is 11.4 Å². The number of rotatable bonds is 3. The van der Waals surface area contributed by atoms with Crippen molar-refractivity contribution in [2.75, 3.05) is 26.0 Å². The van der Waals surface area contributed by atoms with Crippen molar-refractivity contribution in [3.8, 4) is 0 Å². The molecule has 21 heavy (non-hydrogen) atoms. The first-order valence-electron chi connectivity index (χ1n) is 8.16. The summed E-state index contributed by atoms with van der Waals surface area (Å²) >= 11 is 0. The van der Waals surface area contributed by atoms with Gasteiger partial charge in [-0.25, -0.2) is 0 Å². The predicted molar refractivity (Wildman–Crippen MR) is 89.7 cm³/mol. The average molecular weight is 285 g/mol. The van der Waals surface area contributed by atoms with E-state index >= 15 is 0 Å². The lowest BCUT2D eigenvalue weighted by Crippen LogP contribution is -2.43. The van der Waals surface area contributed by atoms with E-state index in [9.17, 15) is 0 Å². The van der Waals surface area contributed by atoms with E-state index in [2.05, 4.69) is 35.5 Å². The second-order valence-corrected chi connectivity index (χ2v) is 6.78. The van der Waals surface area contributed by atoms with Crippen LogP contribution in [-0.4, -0.2) is 37.3 Å². The zero-order chi connectivity index (χ0) is 15.0. The summed E-state index contributed by atoms with van der Waals surface area (Å²) < 4.78 is 0. The highest BCUT2D eigenvalue weighted by atomic mass is 15.2. The summed E-state index contributed by atoms with van der Waals surface area (Å²) in [7, 11) is 4.25. The average Bonchev–Trinajstić information content (AvgIpc) is 2.85. The quantitative estimate of drug-likeness (QED) is 0.832. The van der Waals surface area contributed by atoms with Crippen LogP contribution in [0.15, 0.2) is 18.2 Å². The van der Waals surface area contributed by atoms with E-state index in [4.69, 9.17) is 5.41 Å². The van der Waals surface area contributed by atoms with Crippen LogP contribution in [0.2, 0.25) is 0 Å². The fraction of sp³-hybridized carbons (Fsp3) is 0.611. The molecule has 1 aliphatic carbocycles. The summed E-state index contributed by atoms with van der Waals surface area (Å²) in [6.07, 6.45) is 6.64. The van der Waals surface area contributed by atoms with Gasteiger partial charge in [0.15, 0.2) is 0 Å². The molecule has 0 amide bonds. The van der Waals surface area contributed by atoms with Gasteiger partial charge in [-0.05, 0) is 51.4 Å². The molecular formula is C18H27N3. The lowest BCUT2D eigenvalue weighted by atomic mass is 9.66. The monoisotopic (exact) mass is 285 g/mol. The van der Waals surface area contributed by atoms with Gasteiger partial charge in [-0.3, -0.25) is 0 Å².